The fraction of sp³-hybridized carbons (Fsp3) is 0.333. The zero-order chi connectivity index (χ0) is 10.1. The molecule has 1 aromatic rings. The van der Waals surface area contributed by atoms with Crippen molar-refractivity contribution in [1.29, 1.82) is 0 Å². The molecule has 2 heteroatoms. The summed E-state index contributed by atoms with van der Waals surface area (Å²) in [4.78, 5) is 1.46. The molecule has 1 aliphatic heterocycles. The molecule has 0 bridgehead atoms. The lowest BCUT2D eigenvalue weighted by Crippen LogP contribution is -3.10. The van der Waals surface area contributed by atoms with E-state index in [0.29, 0.717) is 0 Å². The second-order valence-electron chi connectivity index (χ2n) is 4.10. The molecule has 3 N–H and O–H groups in total. The van der Waals surface area contributed by atoms with Crippen LogP contribution in [0.5, 0.6) is 0 Å². The largest absolute Gasteiger partial charge is 0.268 e. The van der Waals surface area contributed by atoms with Crippen molar-refractivity contribution in [2.45, 2.75) is 20.8 Å². The second-order valence-corrected chi connectivity index (χ2v) is 4.10. The number of hydrogen-bond acceptors (Lipinski definition) is 0. The highest BCUT2D eigenvalue weighted by Crippen LogP contribution is 2.17. The van der Waals surface area contributed by atoms with Crippen LogP contribution < -0.4 is 10.2 Å². The highest BCUT2D eigenvalue weighted by Gasteiger charge is 2.20. The van der Waals surface area contributed by atoms with Crippen LogP contribution >= 0.6 is 0 Å². The molecule has 0 fully saturated rings. The minimum absolute atomic E-state index is 1.09. The van der Waals surface area contributed by atoms with Crippen LogP contribution in [-0.2, 0) is 0 Å². The number of nitrogens with one attached hydrogen (secondary N) is 1. The smallest absolute Gasteiger partial charge is 0.216 e. The van der Waals surface area contributed by atoms with E-state index in [1.165, 1.54) is 27.3 Å². The summed E-state index contributed by atoms with van der Waals surface area (Å²) in [7, 11) is 0. The summed E-state index contributed by atoms with van der Waals surface area (Å²) >= 11 is 0. The van der Waals surface area contributed by atoms with E-state index in [0.717, 1.165) is 6.67 Å². The van der Waals surface area contributed by atoms with Gasteiger partial charge in [0, 0.05) is 11.1 Å². The minimum atomic E-state index is 1.09. The summed E-state index contributed by atoms with van der Waals surface area (Å²) in [6, 6.07) is 4.53. The average Bonchev–Trinajstić information content (AvgIpc) is 2.54. The van der Waals surface area contributed by atoms with Crippen LogP contribution in [0.4, 0.5) is 5.69 Å². The predicted octanol–water partition coefficient (Wildman–Crippen LogP) is 0.134. The Bertz CT molecular complexity index is 357. The normalized spacial score (nSPS) is 20.4. The third-order valence-electron chi connectivity index (χ3n) is 2.77. The summed E-state index contributed by atoms with van der Waals surface area (Å²) in [5.41, 5.74) is 5.60. The third-order valence-corrected chi connectivity index (χ3v) is 2.77. The topological polar surface area (TPSA) is 21.1 Å². The molecule has 1 aromatic carbocycles. The molecule has 1 unspecified atom stereocenters. The van der Waals surface area contributed by atoms with Gasteiger partial charge in [-0.1, -0.05) is 17.7 Å². The van der Waals surface area contributed by atoms with Gasteiger partial charge in [0.2, 0.25) is 6.67 Å². The maximum atomic E-state index is 2.27. The van der Waals surface area contributed by atoms with Gasteiger partial charge in [-0.3, -0.25) is 5.32 Å². The molecule has 0 aromatic heterocycles. The molecule has 1 heterocycles. The number of quaternary nitrogens is 2. The Balaban J connectivity index is 2.46. The Hall–Kier alpha value is -1.12. The van der Waals surface area contributed by atoms with E-state index >= 15 is 0 Å². The van der Waals surface area contributed by atoms with Crippen molar-refractivity contribution >= 4 is 5.69 Å². The van der Waals surface area contributed by atoms with Gasteiger partial charge in [0.15, 0.2) is 12.4 Å². The van der Waals surface area contributed by atoms with Crippen molar-refractivity contribution in [2.24, 2.45) is 0 Å². The molecule has 0 spiro atoms. The van der Waals surface area contributed by atoms with Crippen molar-refractivity contribution in [3.8, 4) is 0 Å². The quantitative estimate of drug-likeness (QED) is 0.628. The van der Waals surface area contributed by atoms with Crippen molar-refractivity contribution in [2.75, 3.05) is 6.67 Å². The summed E-state index contributed by atoms with van der Waals surface area (Å²) < 4.78 is 0. The molecular weight excluding hydrogens is 172 g/mol. The fourth-order valence-electron chi connectivity index (χ4n) is 2.32. The highest BCUT2D eigenvalue weighted by atomic mass is 15.2. The molecule has 0 radical (unpaired) electrons. The van der Waals surface area contributed by atoms with Crippen LogP contribution in [0.25, 0.3) is 0 Å². The summed E-state index contributed by atoms with van der Waals surface area (Å²) in [5.74, 6) is 0. The van der Waals surface area contributed by atoms with Crippen LogP contribution in [0.1, 0.15) is 16.7 Å². The Kier molecular flexibility index (Phi) is 2.40. The van der Waals surface area contributed by atoms with E-state index < -0.39 is 0 Å². The standard InChI is InChI=1S/C12H16N2/c1-9-6-10(2)12(11(3)7-9)14-5-4-13-8-14/h4-7,13H,8H2,1-3H3/p+2. The van der Waals surface area contributed by atoms with Gasteiger partial charge in [-0.05, 0) is 20.8 Å². The second kappa shape index (κ2) is 3.56. The Morgan fingerprint density at radius 1 is 1.14 bits per heavy atom. The molecule has 2 rings (SSSR count). The molecule has 0 saturated heterocycles. The van der Waals surface area contributed by atoms with Crippen molar-refractivity contribution < 1.29 is 10.2 Å². The SMILES string of the molecule is Cc1cc(C)c([NH+]2C=C[NH2+]C2)c(C)c1. The maximum absolute atomic E-state index is 2.27. The molecule has 0 aliphatic carbocycles. The van der Waals surface area contributed by atoms with Gasteiger partial charge in [0.1, 0.15) is 5.69 Å². The van der Waals surface area contributed by atoms with E-state index in [4.69, 9.17) is 0 Å². The van der Waals surface area contributed by atoms with Gasteiger partial charge in [-0.2, -0.15) is 0 Å². The van der Waals surface area contributed by atoms with E-state index in [9.17, 15) is 0 Å². The number of hydrogen-bond donors (Lipinski definition) is 2. The van der Waals surface area contributed by atoms with E-state index in [1.807, 2.05) is 0 Å². The third kappa shape index (κ3) is 1.59. The fourth-order valence-corrected chi connectivity index (χ4v) is 2.32. The first-order chi connectivity index (χ1) is 6.68. The number of aryl methyl sites for hydroxylation is 3. The van der Waals surface area contributed by atoms with Crippen molar-refractivity contribution in [3.05, 3.63) is 41.2 Å². The predicted molar refractivity (Wildman–Crippen MR) is 57.2 cm³/mol. The van der Waals surface area contributed by atoms with E-state index in [2.05, 4.69) is 50.6 Å². The van der Waals surface area contributed by atoms with Crippen LogP contribution in [0.2, 0.25) is 0 Å². The monoisotopic (exact) mass is 190 g/mol. The summed E-state index contributed by atoms with van der Waals surface area (Å²) in [6.07, 6.45) is 4.37. The Morgan fingerprint density at radius 2 is 1.79 bits per heavy atom. The Morgan fingerprint density at radius 3 is 2.29 bits per heavy atom. The van der Waals surface area contributed by atoms with Crippen LogP contribution in [0, 0.1) is 20.8 Å². The lowest BCUT2D eigenvalue weighted by molar-refractivity contribution is -0.878. The lowest BCUT2D eigenvalue weighted by atomic mass is 10.0. The average molecular weight is 190 g/mol. The van der Waals surface area contributed by atoms with Crippen LogP contribution in [-0.4, -0.2) is 6.67 Å². The first-order valence-corrected chi connectivity index (χ1v) is 5.12. The molecule has 0 saturated carbocycles. The van der Waals surface area contributed by atoms with E-state index in [-0.39, 0.29) is 0 Å². The first-order valence-electron chi connectivity index (χ1n) is 5.12. The van der Waals surface area contributed by atoms with Crippen molar-refractivity contribution in [3.63, 3.8) is 0 Å². The number of benzene rings is 1. The molecule has 1 aliphatic rings. The van der Waals surface area contributed by atoms with Gasteiger partial charge in [0.05, 0.1) is 0 Å². The molecule has 14 heavy (non-hydrogen) atoms. The molecule has 2 nitrogen and oxygen atoms in total. The van der Waals surface area contributed by atoms with Gasteiger partial charge < -0.3 is 0 Å². The van der Waals surface area contributed by atoms with Crippen LogP contribution in [0.15, 0.2) is 24.5 Å². The Labute approximate surface area is 85.2 Å². The highest BCUT2D eigenvalue weighted by molar-refractivity contribution is 5.48. The van der Waals surface area contributed by atoms with Crippen molar-refractivity contribution in [1.82, 2.24) is 0 Å². The van der Waals surface area contributed by atoms with Gasteiger partial charge in [-0.25, -0.2) is 4.90 Å². The zero-order valence-electron chi connectivity index (χ0n) is 9.09. The zero-order valence-corrected chi connectivity index (χ0v) is 9.09. The number of rotatable bonds is 1. The van der Waals surface area contributed by atoms with Gasteiger partial charge >= 0.3 is 0 Å². The van der Waals surface area contributed by atoms with Gasteiger partial charge in [0.25, 0.3) is 0 Å². The maximum Gasteiger partial charge on any atom is 0.216 e. The molecule has 74 valence electrons. The summed E-state index contributed by atoms with van der Waals surface area (Å²) in [5, 5.41) is 2.22. The minimum Gasteiger partial charge on any atom is -0.268 e. The van der Waals surface area contributed by atoms with E-state index in [1.54, 1.807) is 0 Å². The lowest BCUT2D eigenvalue weighted by Gasteiger charge is -2.13. The molecule has 1 atom stereocenters. The first kappa shape index (κ1) is 9.44. The van der Waals surface area contributed by atoms with Gasteiger partial charge in [-0.15, -0.1) is 0 Å². The number of nitrogens with two attached hydrogens (primary N) is 1. The van der Waals surface area contributed by atoms with Crippen LogP contribution in [0.3, 0.4) is 0 Å². The molecule has 0 amide bonds. The summed E-state index contributed by atoms with van der Waals surface area (Å²) in [6.45, 7) is 7.65. The molecular formula is C12H18N2+2.